The van der Waals surface area contributed by atoms with E-state index in [1.165, 1.54) is 13.2 Å². The van der Waals surface area contributed by atoms with Crippen molar-refractivity contribution in [2.75, 3.05) is 7.11 Å². The Morgan fingerprint density at radius 1 is 1.40 bits per heavy atom. The van der Waals surface area contributed by atoms with Gasteiger partial charge in [0.25, 0.3) is 0 Å². The Morgan fingerprint density at radius 2 is 2.00 bits per heavy atom. The fourth-order valence-corrected chi connectivity index (χ4v) is 1.74. The number of ether oxygens (including phenoxy) is 1. The maximum atomic E-state index is 12.5. The normalized spacial score (nSPS) is 11.6. The van der Waals surface area contributed by atoms with Crippen molar-refractivity contribution in [1.82, 2.24) is 0 Å². The number of alkyl halides is 3. The van der Waals surface area contributed by atoms with Crippen LogP contribution in [-0.2, 0) is 12.8 Å². The third-order valence-electron chi connectivity index (χ3n) is 1.85. The highest BCUT2D eigenvalue weighted by atomic mass is 79.9. The molecule has 0 heterocycles. The summed E-state index contributed by atoms with van der Waals surface area (Å²) >= 11 is 2.80. The zero-order valence-electron chi connectivity index (χ0n) is 7.73. The molecule has 0 saturated heterocycles. The molecule has 1 aromatic carbocycles. The molecule has 0 aliphatic rings. The molecular weight excluding hydrogens is 277 g/mol. The SMILES string of the molecule is COc1cc(C(F)(F)F)c(Br)cc1CO. The number of benzene rings is 1. The highest BCUT2D eigenvalue weighted by Gasteiger charge is 2.34. The molecular formula is C9H8BrF3O2. The lowest BCUT2D eigenvalue weighted by molar-refractivity contribution is -0.138. The van der Waals surface area contributed by atoms with Gasteiger partial charge in [0, 0.05) is 10.0 Å². The second kappa shape index (κ2) is 4.40. The number of aliphatic hydroxyl groups is 1. The molecule has 0 atom stereocenters. The van der Waals surface area contributed by atoms with Crippen molar-refractivity contribution in [2.45, 2.75) is 12.8 Å². The largest absolute Gasteiger partial charge is 0.496 e. The molecule has 0 aromatic heterocycles. The monoisotopic (exact) mass is 284 g/mol. The highest BCUT2D eigenvalue weighted by molar-refractivity contribution is 9.10. The van der Waals surface area contributed by atoms with Crippen molar-refractivity contribution in [3.63, 3.8) is 0 Å². The van der Waals surface area contributed by atoms with Gasteiger partial charge in [-0.25, -0.2) is 0 Å². The van der Waals surface area contributed by atoms with Crippen LogP contribution in [0.3, 0.4) is 0 Å². The predicted octanol–water partition coefficient (Wildman–Crippen LogP) is 2.97. The van der Waals surface area contributed by atoms with Crippen LogP contribution in [0.2, 0.25) is 0 Å². The summed E-state index contributed by atoms with van der Waals surface area (Å²) in [5.74, 6) is 0.0213. The van der Waals surface area contributed by atoms with Gasteiger partial charge in [-0.1, -0.05) is 15.9 Å². The molecule has 6 heteroatoms. The molecule has 0 aliphatic heterocycles. The van der Waals surface area contributed by atoms with Gasteiger partial charge in [0.2, 0.25) is 0 Å². The van der Waals surface area contributed by atoms with E-state index in [1.54, 1.807) is 0 Å². The molecule has 84 valence electrons. The van der Waals surface area contributed by atoms with Gasteiger partial charge in [0.05, 0.1) is 19.3 Å². The molecule has 0 amide bonds. The fraction of sp³-hybridized carbons (Fsp3) is 0.333. The third kappa shape index (κ3) is 2.63. The molecule has 0 spiro atoms. The van der Waals surface area contributed by atoms with Crippen molar-refractivity contribution in [1.29, 1.82) is 0 Å². The smallest absolute Gasteiger partial charge is 0.417 e. The molecule has 0 saturated carbocycles. The summed E-state index contributed by atoms with van der Waals surface area (Å²) in [5, 5.41) is 8.89. The molecule has 15 heavy (non-hydrogen) atoms. The van der Waals surface area contributed by atoms with Crippen LogP contribution in [0.25, 0.3) is 0 Å². The maximum Gasteiger partial charge on any atom is 0.417 e. The Labute approximate surface area is 92.8 Å². The number of rotatable bonds is 2. The molecule has 1 rings (SSSR count). The Morgan fingerprint density at radius 3 is 2.40 bits per heavy atom. The van der Waals surface area contributed by atoms with E-state index in [1.807, 2.05) is 0 Å². The minimum absolute atomic E-state index is 0.0213. The highest BCUT2D eigenvalue weighted by Crippen LogP contribution is 2.38. The van der Waals surface area contributed by atoms with Gasteiger partial charge < -0.3 is 9.84 Å². The number of hydrogen-bond acceptors (Lipinski definition) is 2. The van der Waals surface area contributed by atoms with Crippen LogP contribution >= 0.6 is 15.9 Å². The minimum atomic E-state index is -4.44. The summed E-state index contributed by atoms with van der Waals surface area (Å²) in [6.45, 7) is -0.375. The molecule has 1 N–H and O–H groups in total. The zero-order valence-corrected chi connectivity index (χ0v) is 9.32. The van der Waals surface area contributed by atoms with E-state index in [-0.39, 0.29) is 16.8 Å². The lowest BCUT2D eigenvalue weighted by atomic mass is 10.1. The summed E-state index contributed by atoms with van der Waals surface area (Å²) in [7, 11) is 1.25. The summed E-state index contributed by atoms with van der Waals surface area (Å²) in [4.78, 5) is 0. The van der Waals surface area contributed by atoms with Crippen molar-refractivity contribution < 1.29 is 23.0 Å². The van der Waals surface area contributed by atoms with Crippen LogP contribution in [0, 0.1) is 0 Å². The van der Waals surface area contributed by atoms with Crippen LogP contribution < -0.4 is 4.74 Å². The quantitative estimate of drug-likeness (QED) is 0.905. The Kier molecular flexibility index (Phi) is 3.62. The van der Waals surface area contributed by atoms with Crippen LogP contribution in [0.4, 0.5) is 13.2 Å². The van der Waals surface area contributed by atoms with Crippen LogP contribution in [0.15, 0.2) is 16.6 Å². The van der Waals surface area contributed by atoms with Gasteiger partial charge in [-0.15, -0.1) is 0 Å². The zero-order chi connectivity index (χ0) is 11.6. The van der Waals surface area contributed by atoms with Gasteiger partial charge >= 0.3 is 6.18 Å². The van der Waals surface area contributed by atoms with Crippen LogP contribution in [0.1, 0.15) is 11.1 Å². The van der Waals surface area contributed by atoms with E-state index >= 15 is 0 Å². The first kappa shape index (κ1) is 12.3. The minimum Gasteiger partial charge on any atom is -0.496 e. The third-order valence-corrected chi connectivity index (χ3v) is 2.50. The summed E-state index contributed by atoms with van der Waals surface area (Å²) < 4.78 is 42.0. The number of methoxy groups -OCH3 is 1. The molecule has 2 nitrogen and oxygen atoms in total. The van der Waals surface area contributed by atoms with E-state index < -0.39 is 11.7 Å². The summed E-state index contributed by atoms with van der Waals surface area (Å²) in [6, 6.07) is 2.05. The van der Waals surface area contributed by atoms with E-state index in [2.05, 4.69) is 15.9 Å². The number of halogens is 4. The van der Waals surface area contributed by atoms with Crippen molar-refractivity contribution in [3.05, 3.63) is 27.7 Å². The average Bonchev–Trinajstić information content (AvgIpc) is 2.15. The van der Waals surface area contributed by atoms with Gasteiger partial charge in [-0.2, -0.15) is 13.2 Å². The van der Waals surface area contributed by atoms with Gasteiger partial charge in [0.15, 0.2) is 0 Å². The summed E-state index contributed by atoms with van der Waals surface area (Å²) in [6.07, 6.45) is -4.44. The predicted molar refractivity (Wildman–Crippen MR) is 51.6 cm³/mol. The first-order chi connectivity index (χ1) is 6.90. The average molecular weight is 285 g/mol. The molecule has 0 aliphatic carbocycles. The summed E-state index contributed by atoms with van der Waals surface area (Å²) in [5.41, 5.74) is -0.520. The molecule has 1 aromatic rings. The molecule has 0 unspecified atom stereocenters. The topological polar surface area (TPSA) is 29.5 Å². The Balaban J connectivity index is 3.32. The van der Waals surface area contributed by atoms with Crippen LogP contribution in [0.5, 0.6) is 5.75 Å². The van der Waals surface area contributed by atoms with E-state index in [0.717, 1.165) is 6.07 Å². The van der Waals surface area contributed by atoms with E-state index in [0.29, 0.717) is 5.56 Å². The fourth-order valence-electron chi connectivity index (χ4n) is 1.13. The van der Waals surface area contributed by atoms with E-state index in [9.17, 15) is 13.2 Å². The van der Waals surface area contributed by atoms with Crippen molar-refractivity contribution >= 4 is 15.9 Å². The lowest BCUT2D eigenvalue weighted by Crippen LogP contribution is -2.07. The standard InChI is InChI=1S/C9H8BrF3O2/c1-15-8-3-6(9(11,12)13)7(10)2-5(8)4-14/h2-3,14H,4H2,1H3. The number of aliphatic hydroxyl groups excluding tert-OH is 1. The molecule has 0 radical (unpaired) electrons. The van der Waals surface area contributed by atoms with Crippen molar-refractivity contribution in [2.24, 2.45) is 0 Å². The van der Waals surface area contributed by atoms with Gasteiger partial charge in [-0.05, 0) is 12.1 Å². The first-order valence-electron chi connectivity index (χ1n) is 3.94. The second-order valence-corrected chi connectivity index (χ2v) is 3.65. The van der Waals surface area contributed by atoms with Crippen molar-refractivity contribution in [3.8, 4) is 5.75 Å². The van der Waals surface area contributed by atoms with Crippen LogP contribution in [-0.4, -0.2) is 12.2 Å². The Bertz CT molecular complexity index is 363. The molecule has 0 fully saturated rings. The number of hydrogen-bond donors (Lipinski definition) is 1. The first-order valence-corrected chi connectivity index (χ1v) is 4.74. The molecule has 0 bridgehead atoms. The Hall–Kier alpha value is -0.750. The van der Waals surface area contributed by atoms with E-state index in [4.69, 9.17) is 9.84 Å². The van der Waals surface area contributed by atoms with Gasteiger partial charge in [-0.3, -0.25) is 0 Å². The maximum absolute atomic E-state index is 12.5. The second-order valence-electron chi connectivity index (χ2n) is 2.80. The van der Waals surface area contributed by atoms with Gasteiger partial charge in [0.1, 0.15) is 5.75 Å². The lowest BCUT2D eigenvalue weighted by Gasteiger charge is -2.13.